The van der Waals surface area contributed by atoms with E-state index in [1.165, 1.54) is 5.56 Å². The summed E-state index contributed by atoms with van der Waals surface area (Å²) in [4.78, 5) is 11.4. The monoisotopic (exact) mass is 508 g/mol. The van der Waals surface area contributed by atoms with E-state index >= 15 is 0 Å². The van der Waals surface area contributed by atoms with Crippen LogP contribution in [0.5, 0.6) is 0 Å². The van der Waals surface area contributed by atoms with Crippen LogP contribution in [0.1, 0.15) is 58.6 Å². The quantitative estimate of drug-likeness (QED) is 0.0878. The minimum absolute atomic E-state index is 0.355. The maximum Gasteiger partial charge on any atom is 0.146 e. The molecule has 6 nitrogen and oxygen atoms in total. The molecule has 5 N–H and O–H groups in total. The fourth-order valence-electron chi connectivity index (χ4n) is 3.40. The van der Waals surface area contributed by atoms with E-state index in [4.69, 9.17) is 29.6 Å². The molecule has 7 heteroatoms. The molecule has 2 aromatic rings. The maximum atomic E-state index is 6.15. The molecule has 1 aromatic heterocycles. The molecule has 1 aromatic carbocycles. The van der Waals surface area contributed by atoms with E-state index in [-0.39, 0.29) is 0 Å². The van der Waals surface area contributed by atoms with E-state index in [9.17, 15) is 0 Å². The molecule has 0 fully saturated rings. The number of nitrogens with zero attached hydrogens (tertiary/aromatic N) is 3. The number of pyridine rings is 1. The normalized spacial score (nSPS) is 12.1. The van der Waals surface area contributed by atoms with Crippen LogP contribution in [-0.4, -0.2) is 35.4 Å². The number of allylic oxidation sites excluding steroid dienone is 3. The van der Waals surface area contributed by atoms with Crippen LogP contribution in [0.15, 0.2) is 64.3 Å². The van der Waals surface area contributed by atoms with Crippen molar-refractivity contribution in [3.8, 4) is 23.5 Å². The number of terminal acetylenes is 1. The highest BCUT2D eigenvalue weighted by Crippen LogP contribution is 2.23. The molecule has 0 atom stereocenters. The molecule has 194 valence electrons. The van der Waals surface area contributed by atoms with Crippen LogP contribution in [0, 0.1) is 12.3 Å². The average Bonchev–Trinajstić information content (AvgIpc) is 2.90. The molecule has 0 unspecified atom stereocenters. The van der Waals surface area contributed by atoms with Crippen LogP contribution in [0.3, 0.4) is 0 Å². The van der Waals surface area contributed by atoms with Crippen molar-refractivity contribution in [2.24, 2.45) is 10.8 Å². The molecular weight excluding hydrogens is 468 g/mol. The van der Waals surface area contributed by atoms with E-state index in [1.54, 1.807) is 12.3 Å². The number of aromatic nitrogens is 1. The largest absolute Gasteiger partial charge is 0.383 e. The second kappa shape index (κ2) is 17.3. The lowest BCUT2D eigenvalue weighted by Crippen LogP contribution is -2.32. The molecule has 1 heterocycles. The molecule has 0 aliphatic heterocycles. The summed E-state index contributed by atoms with van der Waals surface area (Å²) in [6, 6.07) is 10.5. The number of benzene rings is 1. The zero-order chi connectivity index (χ0) is 26.9. The Hall–Kier alpha value is -3.11. The van der Waals surface area contributed by atoms with Crippen LogP contribution in [0.2, 0.25) is 0 Å². The van der Waals surface area contributed by atoms with Gasteiger partial charge in [-0.05, 0) is 49.7 Å². The highest BCUT2D eigenvalue weighted by molar-refractivity contribution is 6.29. The first-order valence-electron chi connectivity index (χ1n) is 12.5. The van der Waals surface area contributed by atoms with Crippen LogP contribution >= 0.6 is 11.6 Å². The molecule has 0 radical (unpaired) electrons. The van der Waals surface area contributed by atoms with Gasteiger partial charge < -0.3 is 11.2 Å². The minimum Gasteiger partial charge on any atom is -0.383 e. The number of anilines is 1. The van der Waals surface area contributed by atoms with E-state index in [0.29, 0.717) is 35.2 Å². The van der Waals surface area contributed by atoms with Gasteiger partial charge in [0.05, 0.1) is 12.1 Å². The SMILES string of the molecule is C#CC/C(Cl)=C\C=C(\C)CN=C(NN)c1cc(-c2ccc(CN(CC)CCC)cc2)cnc1N.CC. The highest BCUT2D eigenvalue weighted by atomic mass is 35.5. The van der Waals surface area contributed by atoms with Gasteiger partial charge in [-0.3, -0.25) is 9.89 Å². The summed E-state index contributed by atoms with van der Waals surface area (Å²) in [7, 11) is 0. The van der Waals surface area contributed by atoms with Crippen molar-refractivity contribution in [3.63, 3.8) is 0 Å². The lowest BCUT2D eigenvalue weighted by atomic mass is 10.0. The summed E-state index contributed by atoms with van der Waals surface area (Å²) >= 11 is 6.04. The standard InChI is InChI=1S/C27H35ClN6.C2H6/c1-5-8-24(28)14-9-20(4)17-32-27(33-30)25-16-23(18-31-26(25)29)22-12-10-21(11-13-22)19-34(7-3)15-6-2;1-2/h1,9-14,16,18H,6-8,15,17,19,30H2,2-4H3,(H2,29,31)(H,32,33);1-2H3/b20-9-,24-14+;. The topological polar surface area (TPSA) is 92.6 Å². The Balaban J connectivity index is 0.00000316. The Kier molecular flexibility index (Phi) is 14.9. The molecule has 2 rings (SSSR count). The van der Waals surface area contributed by atoms with Crippen LogP contribution < -0.4 is 17.0 Å². The summed E-state index contributed by atoms with van der Waals surface area (Å²) in [5.41, 5.74) is 13.7. The van der Waals surface area contributed by atoms with Gasteiger partial charge in [0.15, 0.2) is 0 Å². The Morgan fingerprint density at radius 2 is 1.89 bits per heavy atom. The van der Waals surface area contributed by atoms with E-state index < -0.39 is 0 Å². The molecule has 0 aliphatic rings. The number of nitrogens with one attached hydrogen (secondary N) is 1. The lowest BCUT2D eigenvalue weighted by molar-refractivity contribution is 0.280. The van der Waals surface area contributed by atoms with Crippen LogP contribution in [0.25, 0.3) is 11.1 Å². The fourth-order valence-corrected chi connectivity index (χ4v) is 3.54. The number of amidine groups is 1. The third-order valence-electron chi connectivity index (χ3n) is 5.30. The second-order valence-corrected chi connectivity index (χ2v) is 8.52. The minimum atomic E-state index is 0.355. The predicted octanol–water partition coefficient (Wildman–Crippen LogP) is 5.89. The first-order chi connectivity index (χ1) is 17.4. The zero-order valence-corrected chi connectivity index (χ0v) is 23.1. The first-order valence-corrected chi connectivity index (χ1v) is 12.8. The molecule has 0 saturated carbocycles. The van der Waals surface area contributed by atoms with Gasteiger partial charge in [-0.25, -0.2) is 10.8 Å². The van der Waals surface area contributed by atoms with Gasteiger partial charge in [0.25, 0.3) is 0 Å². The number of hydrazine groups is 1. The Morgan fingerprint density at radius 1 is 1.19 bits per heavy atom. The first kappa shape index (κ1) is 30.9. The lowest BCUT2D eigenvalue weighted by Gasteiger charge is -2.19. The van der Waals surface area contributed by atoms with Crippen LogP contribution in [0.4, 0.5) is 5.82 Å². The Morgan fingerprint density at radius 3 is 2.47 bits per heavy atom. The van der Waals surface area contributed by atoms with E-state index in [2.05, 4.69) is 64.3 Å². The maximum absolute atomic E-state index is 6.15. The van der Waals surface area contributed by atoms with E-state index in [1.807, 2.05) is 32.9 Å². The van der Waals surface area contributed by atoms with Crippen molar-refractivity contribution < 1.29 is 0 Å². The molecule has 36 heavy (non-hydrogen) atoms. The van der Waals surface area contributed by atoms with Crippen molar-refractivity contribution >= 4 is 23.3 Å². The average molecular weight is 509 g/mol. The number of hydrogen-bond acceptors (Lipinski definition) is 5. The molecule has 0 spiro atoms. The van der Waals surface area contributed by atoms with Gasteiger partial charge in [-0.15, -0.1) is 12.3 Å². The van der Waals surface area contributed by atoms with Gasteiger partial charge in [0.1, 0.15) is 11.7 Å². The highest BCUT2D eigenvalue weighted by Gasteiger charge is 2.11. The zero-order valence-electron chi connectivity index (χ0n) is 22.3. The third-order valence-corrected chi connectivity index (χ3v) is 5.56. The van der Waals surface area contributed by atoms with Gasteiger partial charge in [-0.2, -0.15) is 0 Å². The second-order valence-electron chi connectivity index (χ2n) is 8.04. The van der Waals surface area contributed by atoms with E-state index in [0.717, 1.165) is 42.8 Å². The van der Waals surface area contributed by atoms with Crippen molar-refractivity contribution in [2.75, 3.05) is 25.4 Å². The van der Waals surface area contributed by atoms with Crippen molar-refractivity contribution in [1.82, 2.24) is 15.3 Å². The number of aliphatic imine (C=N–C) groups is 1. The molecular formula is C29H41ClN6. The summed E-state index contributed by atoms with van der Waals surface area (Å²) in [5.74, 6) is 9.10. The fraction of sp³-hybridized carbons (Fsp3) is 0.379. The summed E-state index contributed by atoms with van der Waals surface area (Å²) in [5, 5.41) is 0.600. The molecule has 0 aliphatic carbocycles. The number of rotatable bonds is 11. The Labute approximate surface area is 222 Å². The third kappa shape index (κ3) is 10.2. The smallest absolute Gasteiger partial charge is 0.146 e. The molecule has 0 bridgehead atoms. The summed E-state index contributed by atoms with van der Waals surface area (Å²) in [6.45, 7) is 13.8. The van der Waals surface area contributed by atoms with Gasteiger partial charge in [0, 0.05) is 29.8 Å². The number of nitrogen functional groups attached to an aromatic ring is 1. The number of hydrogen-bond donors (Lipinski definition) is 3. The predicted molar refractivity (Wildman–Crippen MR) is 157 cm³/mol. The van der Waals surface area contributed by atoms with Gasteiger partial charge in [0.2, 0.25) is 0 Å². The van der Waals surface area contributed by atoms with Crippen LogP contribution in [-0.2, 0) is 6.54 Å². The van der Waals surface area contributed by atoms with Crippen molar-refractivity contribution in [2.45, 2.75) is 54.0 Å². The Bertz CT molecular complexity index is 1060. The summed E-state index contributed by atoms with van der Waals surface area (Å²) in [6.07, 6.45) is 12.2. The summed E-state index contributed by atoms with van der Waals surface area (Å²) < 4.78 is 0. The molecule has 0 saturated heterocycles. The van der Waals surface area contributed by atoms with Crippen molar-refractivity contribution in [1.29, 1.82) is 0 Å². The van der Waals surface area contributed by atoms with Gasteiger partial charge >= 0.3 is 0 Å². The number of nitrogens with two attached hydrogens (primary N) is 2. The number of halogens is 1. The van der Waals surface area contributed by atoms with Crippen molar-refractivity contribution in [3.05, 3.63) is 70.4 Å². The molecule has 0 amide bonds. The van der Waals surface area contributed by atoms with Gasteiger partial charge in [-0.1, -0.05) is 75.2 Å².